The lowest BCUT2D eigenvalue weighted by atomic mass is 9.98. The molecule has 0 spiro atoms. The van der Waals surface area contributed by atoms with Crippen LogP contribution in [0.3, 0.4) is 0 Å². The fourth-order valence-electron chi connectivity index (χ4n) is 6.00. The lowest BCUT2D eigenvalue weighted by Crippen LogP contribution is -2.51. The minimum Gasteiger partial charge on any atom is -0.481 e. The van der Waals surface area contributed by atoms with E-state index in [0.29, 0.717) is 25.9 Å². The number of aliphatic carboxylic acids is 1. The average Bonchev–Trinajstić information content (AvgIpc) is 3.49. The van der Waals surface area contributed by atoms with E-state index in [2.05, 4.69) is 29.6 Å². The maximum absolute atomic E-state index is 13.3. The van der Waals surface area contributed by atoms with E-state index >= 15 is 0 Å². The molecule has 0 aromatic heterocycles. The summed E-state index contributed by atoms with van der Waals surface area (Å²) in [5, 5.41) is 12.2. The lowest BCUT2D eigenvalue weighted by molar-refractivity contribution is -0.139. The van der Waals surface area contributed by atoms with Crippen LogP contribution in [0.25, 0.3) is 11.1 Å². The number of carboxylic acid groups (broad SMARTS) is 1. The smallest absolute Gasteiger partial charge is 0.407 e. The van der Waals surface area contributed by atoms with Crippen LogP contribution in [-0.2, 0) is 14.3 Å². The largest absolute Gasteiger partial charge is 0.481 e. The van der Waals surface area contributed by atoms with Gasteiger partial charge in [0.15, 0.2) is 0 Å². The quantitative estimate of drug-likeness (QED) is 0.627. The molecule has 0 bridgehead atoms. The van der Waals surface area contributed by atoms with Gasteiger partial charge < -0.3 is 20.1 Å². The van der Waals surface area contributed by atoms with Crippen LogP contribution in [-0.4, -0.2) is 53.7 Å². The number of likely N-dealkylation sites (tertiary alicyclic amines) is 1. The van der Waals surface area contributed by atoms with Crippen LogP contribution in [0.1, 0.15) is 43.7 Å². The van der Waals surface area contributed by atoms with Crippen molar-refractivity contribution in [3.63, 3.8) is 0 Å². The van der Waals surface area contributed by atoms with Crippen molar-refractivity contribution in [2.75, 3.05) is 19.7 Å². The third kappa shape index (κ3) is 4.51. The van der Waals surface area contributed by atoms with Crippen molar-refractivity contribution in [3.8, 4) is 11.1 Å². The Morgan fingerprint density at radius 2 is 1.66 bits per heavy atom. The highest BCUT2D eigenvalue weighted by molar-refractivity contribution is 5.86. The third-order valence-electron chi connectivity index (χ3n) is 7.73. The van der Waals surface area contributed by atoms with Crippen molar-refractivity contribution < 1.29 is 24.2 Å². The number of benzene rings is 2. The zero-order chi connectivity index (χ0) is 24.7. The molecule has 35 heavy (non-hydrogen) atoms. The van der Waals surface area contributed by atoms with Gasteiger partial charge in [-0.2, -0.15) is 0 Å². The second-order valence-electron chi connectivity index (χ2n) is 10.4. The first-order chi connectivity index (χ1) is 16.8. The van der Waals surface area contributed by atoms with Crippen LogP contribution in [0.15, 0.2) is 48.5 Å². The van der Waals surface area contributed by atoms with E-state index in [1.807, 2.05) is 38.1 Å². The van der Waals surface area contributed by atoms with E-state index in [1.54, 1.807) is 4.90 Å². The summed E-state index contributed by atoms with van der Waals surface area (Å²) in [5.74, 6) is -0.912. The predicted molar refractivity (Wildman–Crippen MR) is 131 cm³/mol. The standard InChI is InChI=1S/C28H32N2O5/c1-16(2)13-24(26(31)30-12-11-21-22(14-30)25(21)27(32)33)29-28(34)35-15-23-19-9-5-3-7-17(19)18-8-4-6-10-20(18)23/h3-10,16,21-25H,11-15H2,1-2H3,(H,29,34)(H,32,33)/t21-,22+,24+,25?/m0/s1. The Morgan fingerprint density at radius 3 is 2.26 bits per heavy atom. The molecule has 1 unspecified atom stereocenters. The molecule has 2 amide bonds. The van der Waals surface area contributed by atoms with Gasteiger partial charge in [0.25, 0.3) is 0 Å². The van der Waals surface area contributed by atoms with Crippen LogP contribution < -0.4 is 5.32 Å². The van der Waals surface area contributed by atoms with Gasteiger partial charge in [0.05, 0.1) is 5.92 Å². The number of amides is 2. The Labute approximate surface area is 205 Å². The normalized spacial score (nSPS) is 23.2. The van der Waals surface area contributed by atoms with E-state index in [0.717, 1.165) is 22.3 Å². The van der Waals surface area contributed by atoms with Gasteiger partial charge in [0.1, 0.15) is 12.6 Å². The van der Waals surface area contributed by atoms with Gasteiger partial charge in [0.2, 0.25) is 5.91 Å². The maximum Gasteiger partial charge on any atom is 0.407 e. The minimum absolute atomic E-state index is 0.0272. The summed E-state index contributed by atoms with van der Waals surface area (Å²) in [6.07, 6.45) is 0.596. The van der Waals surface area contributed by atoms with Crippen molar-refractivity contribution in [2.24, 2.45) is 23.7 Å². The van der Waals surface area contributed by atoms with Gasteiger partial charge in [-0.1, -0.05) is 62.4 Å². The van der Waals surface area contributed by atoms with Gasteiger partial charge in [-0.05, 0) is 52.8 Å². The van der Waals surface area contributed by atoms with E-state index in [-0.39, 0.29) is 42.1 Å². The van der Waals surface area contributed by atoms with Crippen molar-refractivity contribution in [1.29, 1.82) is 0 Å². The molecule has 7 nitrogen and oxygen atoms in total. The zero-order valence-electron chi connectivity index (χ0n) is 20.1. The molecule has 1 heterocycles. The number of hydrogen-bond acceptors (Lipinski definition) is 4. The molecule has 2 fully saturated rings. The number of fused-ring (bicyclic) bond motifs is 4. The first-order valence-electron chi connectivity index (χ1n) is 12.5. The molecule has 7 heteroatoms. The van der Waals surface area contributed by atoms with Crippen LogP contribution in [0, 0.1) is 23.7 Å². The van der Waals surface area contributed by atoms with Crippen LogP contribution >= 0.6 is 0 Å². The fourth-order valence-corrected chi connectivity index (χ4v) is 6.00. The fraction of sp³-hybridized carbons (Fsp3) is 0.464. The van der Waals surface area contributed by atoms with Crippen LogP contribution in [0.2, 0.25) is 0 Å². The molecule has 4 atom stereocenters. The summed E-state index contributed by atoms with van der Waals surface area (Å²) in [7, 11) is 0. The summed E-state index contributed by atoms with van der Waals surface area (Å²) in [6.45, 7) is 5.18. The van der Waals surface area contributed by atoms with Gasteiger partial charge in [-0.15, -0.1) is 0 Å². The Hall–Kier alpha value is -3.35. The van der Waals surface area contributed by atoms with Crippen LogP contribution in [0.5, 0.6) is 0 Å². The molecule has 1 saturated heterocycles. The molecule has 2 aliphatic carbocycles. The zero-order valence-corrected chi connectivity index (χ0v) is 20.1. The number of carbonyl (C=O) groups excluding carboxylic acids is 2. The van der Waals surface area contributed by atoms with E-state index in [4.69, 9.17) is 4.74 Å². The van der Waals surface area contributed by atoms with Crippen molar-refractivity contribution in [3.05, 3.63) is 59.7 Å². The SMILES string of the molecule is CC(C)C[C@@H](NC(=O)OCC1c2ccccc2-c2ccccc21)C(=O)N1CC[C@@H]2C(C(=O)O)[C@@H]2C1. The van der Waals surface area contributed by atoms with E-state index in [9.17, 15) is 19.5 Å². The van der Waals surface area contributed by atoms with Gasteiger partial charge in [-0.25, -0.2) is 4.79 Å². The summed E-state index contributed by atoms with van der Waals surface area (Å²) in [4.78, 5) is 39.3. The highest BCUT2D eigenvalue weighted by Crippen LogP contribution is 2.51. The number of nitrogens with one attached hydrogen (secondary N) is 1. The third-order valence-corrected chi connectivity index (χ3v) is 7.73. The second kappa shape index (κ2) is 9.36. The maximum atomic E-state index is 13.3. The van der Waals surface area contributed by atoms with Gasteiger partial charge in [-0.3, -0.25) is 9.59 Å². The van der Waals surface area contributed by atoms with Crippen molar-refractivity contribution in [2.45, 2.75) is 38.6 Å². The lowest BCUT2D eigenvalue weighted by Gasteiger charge is -2.31. The number of rotatable bonds is 7. The molecular weight excluding hydrogens is 444 g/mol. The van der Waals surface area contributed by atoms with Crippen molar-refractivity contribution >= 4 is 18.0 Å². The van der Waals surface area contributed by atoms with E-state index < -0.39 is 18.1 Å². The highest BCUT2D eigenvalue weighted by atomic mass is 16.5. The summed E-state index contributed by atoms with van der Waals surface area (Å²) < 4.78 is 5.67. The number of alkyl carbamates (subject to hydrolysis) is 1. The predicted octanol–water partition coefficient (Wildman–Crippen LogP) is 4.12. The Balaban J connectivity index is 1.23. The summed E-state index contributed by atoms with van der Waals surface area (Å²) in [6, 6.07) is 15.6. The number of piperidine rings is 1. The summed E-state index contributed by atoms with van der Waals surface area (Å²) in [5.41, 5.74) is 4.59. The first kappa shape index (κ1) is 23.4. The molecule has 2 aromatic rings. The minimum atomic E-state index is -0.773. The number of nitrogens with zero attached hydrogens (tertiary/aromatic N) is 1. The number of ether oxygens (including phenoxy) is 1. The summed E-state index contributed by atoms with van der Waals surface area (Å²) >= 11 is 0. The average molecular weight is 477 g/mol. The topological polar surface area (TPSA) is 95.9 Å². The Kier molecular flexibility index (Phi) is 6.26. The Bertz CT molecular complexity index is 1100. The molecule has 2 N–H and O–H groups in total. The van der Waals surface area contributed by atoms with Gasteiger partial charge in [0, 0.05) is 19.0 Å². The first-order valence-corrected chi connectivity index (χ1v) is 12.5. The molecule has 5 rings (SSSR count). The molecular formula is C28H32N2O5. The molecule has 0 radical (unpaired) electrons. The van der Waals surface area contributed by atoms with Crippen molar-refractivity contribution in [1.82, 2.24) is 10.2 Å². The number of carbonyl (C=O) groups is 3. The molecule has 2 aromatic carbocycles. The van der Waals surface area contributed by atoms with Crippen LogP contribution in [0.4, 0.5) is 4.79 Å². The van der Waals surface area contributed by atoms with Gasteiger partial charge >= 0.3 is 12.1 Å². The number of hydrogen-bond donors (Lipinski definition) is 2. The monoisotopic (exact) mass is 476 g/mol. The Morgan fingerprint density at radius 1 is 1.03 bits per heavy atom. The molecule has 3 aliphatic rings. The highest BCUT2D eigenvalue weighted by Gasteiger charge is 2.57. The number of carboxylic acids is 1. The molecule has 1 saturated carbocycles. The molecule has 184 valence electrons. The van der Waals surface area contributed by atoms with E-state index in [1.165, 1.54) is 0 Å². The second-order valence-corrected chi connectivity index (χ2v) is 10.4. The molecule has 1 aliphatic heterocycles.